The molecule has 96 valence electrons. The molecular formula is C14H18N2O2. The molecule has 2 aliphatic rings. The van der Waals surface area contributed by atoms with E-state index >= 15 is 0 Å². The highest BCUT2D eigenvalue weighted by Gasteiger charge is 2.42. The predicted molar refractivity (Wildman–Crippen MR) is 69.9 cm³/mol. The van der Waals surface area contributed by atoms with Crippen molar-refractivity contribution in [3.8, 4) is 5.75 Å². The molecular weight excluding hydrogens is 228 g/mol. The lowest BCUT2D eigenvalue weighted by molar-refractivity contribution is -0.117. The Morgan fingerprint density at radius 1 is 1.39 bits per heavy atom. The van der Waals surface area contributed by atoms with E-state index in [0.29, 0.717) is 12.3 Å². The van der Waals surface area contributed by atoms with Gasteiger partial charge in [-0.25, -0.2) is 0 Å². The van der Waals surface area contributed by atoms with Crippen LogP contribution in [0.15, 0.2) is 24.3 Å². The van der Waals surface area contributed by atoms with Crippen molar-refractivity contribution in [3.63, 3.8) is 0 Å². The molecule has 2 heterocycles. The monoisotopic (exact) mass is 246 g/mol. The van der Waals surface area contributed by atoms with Crippen molar-refractivity contribution in [2.24, 2.45) is 5.92 Å². The molecule has 0 aromatic heterocycles. The zero-order chi connectivity index (χ0) is 12.5. The maximum Gasteiger partial charge on any atom is 0.227 e. The summed E-state index contributed by atoms with van der Waals surface area (Å²) in [5.74, 6) is 1.49. The van der Waals surface area contributed by atoms with Gasteiger partial charge in [0.25, 0.3) is 0 Å². The van der Waals surface area contributed by atoms with Crippen LogP contribution in [0.1, 0.15) is 12.8 Å². The van der Waals surface area contributed by atoms with Crippen molar-refractivity contribution in [3.05, 3.63) is 24.3 Å². The SMILES string of the molecule is COc1ccccc1N1C(=O)CC2CCNCC21. The van der Waals surface area contributed by atoms with E-state index in [4.69, 9.17) is 4.74 Å². The molecule has 0 saturated carbocycles. The first-order chi connectivity index (χ1) is 8.81. The molecule has 2 fully saturated rings. The highest BCUT2D eigenvalue weighted by Crippen LogP contribution is 2.38. The van der Waals surface area contributed by atoms with E-state index in [0.717, 1.165) is 30.9 Å². The van der Waals surface area contributed by atoms with Crippen LogP contribution in [0, 0.1) is 5.92 Å². The number of benzene rings is 1. The molecule has 1 aromatic rings. The molecule has 2 unspecified atom stereocenters. The quantitative estimate of drug-likeness (QED) is 0.858. The third kappa shape index (κ3) is 1.77. The minimum Gasteiger partial charge on any atom is -0.495 e. The first-order valence-electron chi connectivity index (χ1n) is 6.47. The van der Waals surface area contributed by atoms with Crippen LogP contribution in [-0.4, -0.2) is 32.1 Å². The lowest BCUT2D eigenvalue weighted by Crippen LogP contribution is -2.46. The molecule has 1 aromatic carbocycles. The smallest absolute Gasteiger partial charge is 0.227 e. The number of methoxy groups -OCH3 is 1. The van der Waals surface area contributed by atoms with Crippen LogP contribution in [0.25, 0.3) is 0 Å². The summed E-state index contributed by atoms with van der Waals surface area (Å²) in [5, 5.41) is 3.38. The Balaban J connectivity index is 1.97. The van der Waals surface area contributed by atoms with Gasteiger partial charge in [-0.1, -0.05) is 12.1 Å². The van der Waals surface area contributed by atoms with Crippen LogP contribution in [0.5, 0.6) is 5.75 Å². The van der Waals surface area contributed by atoms with Crippen molar-refractivity contribution in [1.29, 1.82) is 0 Å². The first kappa shape index (κ1) is 11.5. The number of anilines is 1. The molecule has 2 atom stereocenters. The summed E-state index contributed by atoms with van der Waals surface area (Å²) in [6.45, 7) is 1.91. The van der Waals surface area contributed by atoms with Gasteiger partial charge in [0.2, 0.25) is 5.91 Å². The number of amides is 1. The molecule has 2 aliphatic heterocycles. The van der Waals surface area contributed by atoms with E-state index in [1.165, 1.54) is 0 Å². The number of para-hydroxylation sites is 2. The van der Waals surface area contributed by atoms with Gasteiger partial charge in [-0.05, 0) is 31.0 Å². The third-order valence-corrected chi connectivity index (χ3v) is 3.97. The van der Waals surface area contributed by atoms with Gasteiger partial charge >= 0.3 is 0 Å². The number of ether oxygens (including phenoxy) is 1. The molecule has 4 nitrogen and oxygen atoms in total. The van der Waals surface area contributed by atoms with Crippen molar-refractivity contribution in [1.82, 2.24) is 5.32 Å². The molecule has 4 heteroatoms. The number of fused-ring (bicyclic) bond motifs is 1. The Labute approximate surface area is 107 Å². The summed E-state index contributed by atoms with van der Waals surface area (Å²) < 4.78 is 5.37. The second-order valence-electron chi connectivity index (χ2n) is 4.96. The minimum absolute atomic E-state index is 0.221. The van der Waals surface area contributed by atoms with E-state index < -0.39 is 0 Å². The zero-order valence-corrected chi connectivity index (χ0v) is 10.6. The molecule has 1 amide bonds. The van der Waals surface area contributed by atoms with Gasteiger partial charge in [-0.3, -0.25) is 4.79 Å². The number of nitrogens with one attached hydrogen (secondary N) is 1. The third-order valence-electron chi connectivity index (χ3n) is 3.97. The van der Waals surface area contributed by atoms with Crippen LogP contribution >= 0.6 is 0 Å². The summed E-state index contributed by atoms with van der Waals surface area (Å²) in [5.41, 5.74) is 0.904. The Morgan fingerprint density at radius 3 is 3.06 bits per heavy atom. The lowest BCUT2D eigenvalue weighted by Gasteiger charge is -2.32. The normalized spacial score (nSPS) is 27.2. The average Bonchev–Trinajstić information content (AvgIpc) is 2.74. The van der Waals surface area contributed by atoms with Gasteiger partial charge in [-0.15, -0.1) is 0 Å². The Kier molecular flexibility index (Phi) is 2.96. The summed E-state index contributed by atoms with van der Waals surface area (Å²) in [4.78, 5) is 14.2. The Hall–Kier alpha value is -1.55. The summed E-state index contributed by atoms with van der Waals surface area (Å²) in [7, 11) is 1.65. The fraction of sp³-hybridized carbons (Fsp3) is 0.500. The van der Waals surface area contributed by atoms with E-state index in [2.05, 4.69) is 5.32 Å². The molecule has 0 bridgehead atoms. The Morgan fingerprint density at radius 2 is 2.22 bits per heavy atom. The van der Waals surface area contributed by atoms with Gasteiger partial charge in [0.05, 0.1) is 18.8 Å². The number of nitrogens with zero attached hydrogens (tertiary/aromatic N) is 1. The zero-order valence-electron chi connectivity index (χ0n) is 10.6. The number of carbonyl (C=O) groups is 1. The van der Waals surface area contributed by atoms with Crippen molar-refractivity contribution in [2.75, 3.05) is 25.1 Å². The van der Waals surface area contributed by atoms with Crippen LogP contribution in [-0.2, 0) is 4.79 Å². The van der Waals surface area contributed by atoms with Crippen LogP contribution in [0.4, 0.5) is 5.69 Å². The Bertz CT molecular complexity index is 461. The number of hydrogen-bond acceptors (Lipinski definition) is 3. The van der Waals surface area contributed by atoms with E-state index in [1.54, 1.807) is 7.11 Å². The summed E-state index contributed by atoms with van der Waals surface area (Å²) >= 11 is 0. The van der Waals surface area contributed by atoms with Gasteiger partial charge in [-0.2, -0.15) is 0 Å². The molecule has 2 saturated heterocycles. The maximum atomic E-state index is 12.3. The topological polar surface area (TPSA) is 41.6 Å². The molecule has 0 aliphatic carbocycles. The highest BCUT2D eigenvalue weighted by atomic mass is 16.5. The predicted octanol–water partition coefficient (Wildman–Crippen LogP) is 1.41. The first-order valence-corrected chi connectivity index (χ1v) is 6.47. The fourth-order valence-corrected chi connectivity index (χ4v) is 3.09. The van der Waals surface area contributed by atoms with Crippen LogP contribution < -0.4 is 15.0 Å². The molecule has 3 rings (SSSR count). The molecule has 0 radical (unpaired) electrons. The largest absolute Gasteiger partial charge is 0.495 e. The van der Waals surface area contributed by atoms with Gasteiger partial charge < -0.3 is 15.0 Å². The number of rotatable bonds is 2. The second-order valence-corrected chi connectivity index (χ2v) is 4.96. The maximum absolute atomic E-state index is 12.3. The molecule has 0 spiro atoms. The fourth-order valence-electron chi connectivity index (χ4n) is 3.09. The summed E-state index contributed by atoms with van der Waals surface area (Å²) in [6, 6.07) is 8.04. The van der Waals surface area contributed by atoms with Gasteiger partial charge in [0.1, 0.15) is 5.75 Å². The van der Waals surface area contributed by atoms with E-state index in [9.17, 15) is 4.79 Å². The van der Waals surface area contributed by atoms with E-state index in [-0.39, 0.29) is 11.9 Å². The van der Waals surface area contributed by atoms with Crippen molar-refractivity contribution >= 4 is 11.6 Å². The average molecular weight is 246 g/mol. The lowest BCUT2D eigenvalue weighted by atomic mass is 9.93. The second kappa shape index (κ2) is 4.61. The standard InChI is InChI=1S/C14H18N2O2/c1-18-13-5-3-2-4-11(13)16-12-9-15-7-6-10(12)8-14(16)17/h2-5,10,12,15H,6-9H2,1H3. The van der Waals surface area contributed by atoms with Gasteiger partial charge in [0, 0.05) is 13.0 Å². The molecule has 1 N–H and O–H groups in total. The van der Waals surface area contributed by atoms with E-state index in [1.807, 2.05) is 29.2 Å². The van der Waals surface area contributed by atoms with Crippen molar-refractivity contribution in [2.45, 2.75) is 18.9 Å². The summed E-state index contributed by atoms with van der Waals surface area (Å²) in [6.07, 6.45) is 1.76. The van der Waals surface area contributed by atoms with Crippen LogP contribution in [0.2, 0.25) is 0 Å². The number of carbonyl (C=O) groups excluding carboxylic acids is 1. The van der Waals surface area contributed by atoms with Gasteiger partial charge in [0.15, 0.2) is 0 Å². The van der Waals surface area contributed by atoms with Crippen molar-refractivity contribution < 1.29 is 9.53 Å². The number of piperidine rings is 1. The number of hydrogen-bond donors (Lipinski definition) is 1. The van der Waals surface area contributed by atoms with Crippen LogP contribution in [0.3, 0.4) is 0 Å². The molecule has 18 heavy (non-hydrogen) atoms. The highest BCUT2D eigenvalue weighted by molar-refractivity contribution is 5.98. The minimum atomic E-state index is 0.221.